The number of nitrogens with one attached hydrogen (secondary N) is 2. The number of H-pyrrole nitrogens is 1. The fourth-order valence-corrected chi connectivity index (χ4v) is 8.47. The maximum atomic E-state index is 14.9. The molecule has 8 rings (SSSR count). The normalized spacial score (nSPS) is 15.6. The molecule has 10 nitrogen and oxygen atoms in total. The number of methoxy groups -OCH3 is 1. The maximum absolute atomic E-state index is 14.9. The third-order valence-corrected chi connectivity index (χ3v) is 11.6. The van der Waals surface area contributed by atoms with Crippen molar-refractivity contribution in [2.45, 2.75) is 51.1 Å². The third kappa shape index (κ3) is 7.27. The van der Waals surface area contributed by atoms with E-state index in [-0.39, 0.29) is 18.0 Å². The number of nitrogens with zero attached hydrogens (tertiary/aromatic N) is 4. The topological polar surface area (TPSA) is 113 Å². The summed E-state index contributed by atoms with van der Waals surface area (Å²) in [6.07, 6.45) is 6.03. The Morgan fingerprint density at radius 3 is 2.39 bits per heavy atom. The van der Waals surface area contributed by atoms with Crippen LogP contribution < -0.4 is 10.2 Å². The highest BCUT2D eigenvalue weighted by Gasteiger charge is 2.32. The van der Waals surface area contributed by atoms with Gasteiger partial charge in [-0.15, -0.1) is 0 Å². The van der Waals surface area contributed by atoms with Crippen LogP contribution in [0.2, 0.25) is 10.0 Å². The molecule has 1 unspecified atom stereocenters. The summed E-state index contributed by atoms with van der Waals surface area (Å²) in [4.78, 5) is 53.1. The molecule has 2 amide bonds. The zero-order valence-electron chi connectivity index (χ0n) is 31.2. The number of hydrogen-bond donors (Lipinski definition) is 2. The van der Waals surface area contributed by atoms with E-state index in [0.717, 1.165) is 60.1 Å². The summed E-state index contributed by atoms with van der Waals surface area (Å²) in [5.41, 5.74) is 6.56. The minimum Gasteiger partial charge on any atom is -0.465 e. The number of piperidine rings is 2. The molecule has 0 aliphatic carbocycles. The molecule has 1 atom stereocenters. The largest absolute Gasteiger partial charge is 0.465 e. The van der Waals surface area contributed by atoms with Crippen molar-refractivity contribution in [3.05, 3.63) is 124 Å². The van der Waals surface area contributed by atoms with E-state index in [2.05, 4.69) is 31.6 Å². The number of halogens is 2. The Morgan fingerprint density at radius 2 is 1.66 bits per heavy atom. The predicted molar refractivity (Wildman–Crippen MR) is 222 cm³/mol. The smallest absolute Gasteiger partial charge is 0.337 e. The van der Waals surface area contributed by atoms with Gasteiger partial charge >= 0.3 is 5.97 Å². The van der Waals surface area contributed by atoms with Crippen molar-refractivity contribution in [1.29, 1.82) is 0 Å². The Labute approximate surface area is 335 Å². The van der Waals surface area contributed by atoms with Crippen LogP contribution in [-0.2, 0) is 9.53 Å². The number of imidazole rings is 1. The van der Waals surface area contributed by atoms with E-state index >= 15 is 0 Å². The molecule has 2 N–H and O–H groups in total. The highest BCUT2D eigenvalue weighted by Crippen LogP contribution is 2.42. The lowest BCUT2D eigenvalue weighted by Crippen LogP contribution is -2.49. The average molecular weight is 790 g/mol. The van der Waals surface area contributed by atoms with E-state index in [1.54, 1.807) is 12.1 Å². The van der Waals surface area contributed by atoms with Crippen LogP contribution in [0.15, 0.2) is 97.3 Å². The van der Waals surface area contributed by atoms with Gasteiger partial charge in [-0.05, 0) is 80.6 Å². The number of ether oxygens (including phenoxy) is 1. The number of rotatable bonds is 9. The number of aromatic nitrogens is 3. The quantitative estimate of drug-likeness (QED) is 0.141. The number of aromatic amines is 1. The number of carbonyl (C=O) groups excluding carboxylic acids is 3. The summed E-state index contributed by atoms with van der Waals surface area (Å²) in [6.45, 7) is 4.27. The van der Waals surface area contributed by atoms with Crippen LogP contribution in [0.5, 0.6) is 0 Å². The molecule has 56 heavy (non-hydrogen) atoms. The van der Waals surface area contributed by atoms with Crippen molar-refractivity contribution in [1.82, 2.24) is 19.4 Å². The minimum absolute atomic E-state index is 0.186. The molecule has 0 saturated carbocycles. The number of likely N-dealkylation sites (tertiary alicyclic amines) is 1. The van der Waals surface area contributed by atoms with E-state index in [9.17, 15) is 14.4 Å². The number of fused-ring (bicyclic) bond motifs is 1. The predicted octanol–water partition coefficient (Wildman–Crippen LogP) is 9.63. The summed E-state index contributed by atoms with van der Waals surface area (Å²) in [6, 6.07) is 28.4. The number of amides is 2. The Balaban J connectivity index is 1.22. The fraction of sp³-hybridized carbons (Fsp3) is 0.273. The molecule has 0 radical (unpaired) electrons. The van der Waals surface area contributed by atoms with Crippen molar-refractivity contribution in [3.63, 3.8) is 0 Å². The van der Waals surface area contributed by atoms with Gasteiger partial charge < -0.3 is 29.4 Å². The van der Waals surface area contributed by atoms with Crippen molar-refractivity contribution in [2.24, 2.45) is 0 Å². The molecule has 0 spiro atoms. The molecule has 4 aromatic carbocycles. The van der Waals surface area contributed by atoms with Gasteiger partial charge in [0.05, 0.1) is 47.8 Å². The first kappa shape index (κ1) is 37.3. The standard InChI is InChI=1S/C44H42Cl2N6O4/c1-27(28-11-14-31(45)15-12-28)52-26-47-40(29-8-4-3-5-9-29)42(52)39-34-17-16-32(46)25-35(34)48-41(39)43(54)49-36-24-30(44(55)56-2)13-18-37(36)50-22-19-33(20-23-50)51-21-7-6-10-38(51)53/h3-5,8-9,11-18,24-27,33,48H,6-7,10,19-23H2,1-2H3,(H,49,54). The molecular weight excluding hydrogens is 747 g/mol. The zero-order chi connectivity index (χ0) is 38.9. The van der Waals surface area contributed by atoms with Crippen molar-refractivity contribution in [2.75, 3.05) is 37.0 Å². The van der Waals surface area contributed by atoms with Crippen LogP contribution >= 0.6 is 23.2 Å². The van der Waals surface area contributed by atoms with Gasteiger partial charge in [-0.3, -0.25) is 9.59 Å². The molecule has 286 valence electrons. The van der Waals surface area contributed by atoms with Crippen LogP contribution in [0.4, 0.5) is 11.4 Å². The summed E-state index contributed by atoms with van der Waals surface area (Å²) in [5, 5.41) is 5.14. The number of esters is 1. The number of benzene rings is 4. The molecule has 2 saturated heterocycles. The molecule has 2 aliphatic rings. The fourth-order valence-electron chi connectivity index (χ4n) is 8.17. The lowest BCUT2D eigenvalue weighted by Gasteiger charge is -2.41. The van der Waals surface area contributed by atoms with Crippen molar-refractivity contribution >= 4 is 63.3 Å². The Kier molecular flexibility index (Phi) is 10.6. The Hall–Kier alpha value is -5.58. The summed E-state index contributed by atoms with van der Waals surface area (Å²) >= 11 is 12.8. The van der Waals surface area contributed by atoms with Gasteiger partial charge in [0.15, 0.2) is 0 Å². The highest BCUT2D eigenvalue weighted by molar-refractivity contribution is 6.31. The van der Waals surface area contributed by atoms with Crippen LogP contribution in [0.1, 0.15) is 71.5 Å². The van der Waals surface area contributed by atoms with Gasteiger partial charge in [-0.2, -0.15) is 0 Å². The van der Waals surface area contributed by atoms with Gasteiger partial charge in [0, 0.05) is 64.2 Å². The van der Waals surface area contributed by atoms with Gasteiger partial charge in [-0.25, -0.2) is 9.78 Å². The first-order valence-electron chi connectivity index (χ1n) is 19.0. The second-order valence-electron chi connectivity index (χ2n) is 14.4. The van der Waals surface area contributed by atoms with E-state index in [0.29, 0.717) is 63.3 Å². The summed E-state index contributed by atoms with van der Waals surface area (Å²) in [7, 11) is 1.33. The first-order chi connectivity index (χ1) is 27.2. The second-order valence-corrected chi connectivity index (χ2v) is 15.3. The number of anilines is 2. The molecule has 6 aromatic rings. The molecule has 2 aliphatic heterocycles. The minimum atomic E-state index is -0.511. The van der Waals surface area contributed by atoms with Gasteiger partial charge in [-0.1, -0.05) is 71.7 Å². The van der Waals surface area contributed by atoms with E-state index in [4.69, 9.17) is 32.9 Å². The third-order valence-electron chi connectivity index (χ3n) is 11.1. The molecular formula is C44H42Cl2N6O4. The van der Waals surface area contributed by atoms with E-state index < -0.39 is 11.9 Å². The van der Waals surface area contributed by atoms with Crippen LogP contribution in [0.3, 0.4) is 0 Å². The monoisotopic (exact) mass is 788 g/mol. The summed E-state index contributed by atoms with van der Waals surface area (Å²) < 4.78 is 7.16. The maximum Gasteiger partial charge on any atom is 0.337 e. The Morgan fingerprint density at radius 1 is 0.911 bits per heavy atom. The highest BCUT2D eigenvalue weighted by atomic mass is 35.5. The zero-order valence-corrected chi connectivity index (χ0v) is 32.7. The van der Waals surface area contributed by atoms with Gasteiger partial charge in [0.1, 0.15) is 5.69 Å². The summed E-state index contributed by atoms with van der Waals surface area (Å²) in [5.74, 6) is -0.682. The van der Waals surface area contributed by atoms with Crippen LogP contribution in [-0.4, -0.2) is 70.0 Å². The van der Waals surface area contributed by atoms with E-state index in [1.165, 1.54) is 7.11 Å². The van der Waals surface area contributed by atoms with Gasteiger partial charge in [0.2, 0.25) is 5.91 Å². The molecule has 2 fully saturated rings. The van der Waals surface area contributed by atoms with Crippen molar-refractivity contribution in [3.8, 4) is 22.5 Å². The number of hydrogen-bond acceptors (Lipinski definition) is 6. The molecule has 0 bridgehead atoms. The van der Waals surface area contributed by atoms with E-state index in [1.807, 2.05) is 85.2 Å². The second kappa shape index (κ2) is 15.9. The van der Waals surface area contributed by atoms with Crippen LogP contribution in [0.25, 0.3) is 33.4 Å². The lowest BCUT2D eigenvalue weighted by molar-refractivity contribution is -0.136. The Bertz CT molecular complexity index is 2420. The molecule has 4 heterocycles. The average Bonchev–Trinajstić information content (AvgIpc) is 3.83. The number of carbonyl (C=O) groups is 3. The van der Waals surface area contributed by atoms with Crippen LogP contribution in [0, 0.1) is 0 Å². The van der Waals surface area contributed by atoms with Crippen molar-refractivity contribution < 1.29 is 19.1 Å². The molecule has 12 heteroatoms. The first-order valence-corrected chi connectivity index (χ1v) is 19.7. The SMILES string of the molecule is COC(=O)c1ccc(N2CCC(N3CCCCC3=O)CC2)c(NC(=O)c2[nH]c3cc(Cl)ccc3c2-c2c(-c3ccccc3)ncn2C(C)c2ccc(Cl)cc2)c1. The molecule has 2 aromatic heterocycles. The lowest BCUT2D eigenvalue weighted by atomic mass is 9.98. The van der Waals surface area contributed by atoms with Gasteiger partial charge in [0.25, 0.3) is 5.91 Å².